The van der Waals surface area contributed by atoms with E-state index in [1.807, 2.05) is 0 Å². The first-order chi connectivity index (χ1) is 14.0. The Balaban J connectivity index is 0.00000218. The summed E-state index contributed by atoms with van der Waals surface area (Å²) in [5, 5.41) is 2.37. The van der Waals surface area contributed by atoms with Gasteiger partial charge in [-0.15, -0.1) is 0 Å². The summed E-state index contributed by atoms with van der Waals surface area (Å²) in [5.41, 5.74) is 5.89. The Bertz CT molecular complexity index is 892. The molecule has 2 aliphatic heterocycles. The van der Waals surface area contributed by atoms with Crippen LogP contribution >= 0.6 is 0 Å². The fraction of sp³-hybridized carbons (Fsp3) is 0.667. The first kappa shape index (κ1) is 23.2. The molecule has 1 atom stereocenters. The average molecular weight is 459 g/mol. The molecule has 1 aromatic carbocycles. The number of ether oxygens (including phenoxy) is 1. The van der Waals surface area contributed by atoms with Gasteiger partial charge in [0.05, 0.1) is 6.10 Å². The minimum absolute atomic E-state index is 0. The SMILES string of the molecule is O=C(Nc1c2c(cc3c1CCC3)CCC2)NS(=O)(=O)C1CN(CC2CCCO2)C1.[K]. The second-order valence-corrected chi connectivity index (χ2v) is 10.8. The number of aryl methyl sites for hydroxylation is 2. The molecule has 1 unspecified atom stereocenters. The van der Waals surface area contributed by atoms with Gasteiger partial charge < -0.3 is 10.1 Å². The van der Waals surface area contributed by atoms with Crippen molar-refractivity contribution in [3.63, 3.8) is 0 Å². The molecule has 0 bridgehead atoms. The predicted molar refractivity (Wildman–Crippen MR) is 117 cm³/mol. The third-order valence-corrected chi connectivity index (χ3v) is 8.44. The number of anilines is 1. The van der Waals surface area contributed by atoms with Crippen molar-refractivity contribution in [2.24, 2.45) is 0 Å². The van der Waals surface area contributed by atoms with Gasteiger partial charge in [-0.1, -0.05) is 6.07 Å². The van der Waals surface area contributed by atoms with Gasteiger partial charge in [-0.2, -0.15) is 0 Å². The number of urea groups is 1. The van der Waals surface area contributed by atoms with Crippen LogP contribution in [-0.4, -0.2) is 108 Å². The fourth-order valence-electron chi connectivity index (χ4n) is 5.26. The molecule has 2 fully saturated rings. The maximum absolute atomic E-state index is 12.6. The van der Waals surface area contributed by atoms with Crippen LogP contribution in [-0.2, 0) is 40.4 Å². The molecule has 2 aliphatic carbocycles. The standard InChI is InChI=1S/C21H29N3O4S.K/c25-21(22-20-18-7-1-4-14(18)10-15-5-2-8-19(15)20)23-29(26,27)17-12-24(13-17)11-16-6-3-9-28-16;/h10,16-17H,1-9,11-13H2,(H2,22,23,25);. The van der Waals surface area contributed by atoms with E-state index in [4.69, 9.17) is 4.74 Å². The summed E-state index contributed by atoms with van der Waals surface area (Å²) in [6, 6.07) is 1.67. The van der Waals surface area contributed by atoms with Gasteiger partial charge in [0, 0.05) is 83.3 Å². The molecule has 2 heterocycles. The molecule has 2 amide bonds. The number of benzene rings is 1. The van der Waals surface area contributed by atoms with Crippen molar-refractivity contribution in [3.8, 4) is 0 Å². The Kier molecular flexibility index (Phi) is 7.31. The van der Waals surface area contributed by atoms with Crippen LogP contribution in [0.15, 0.2) is 6.07 Å². The average Bonchev–Trinajstić information content (AvgIpc) is 3.37. The van der Waals surface area contributed by atoms with E-state index < -0.39 is 21.3 Å². The second-order valence-electron chi connectivity index (χ2n) is 8.81. The van der Waals surface area contributed by atoms with Crippen molar-refractivity contribution >= 4 is 73.1 Å². The number of carbonyl (C=O) groups excluding carboxylic acids is 1. The molecule has 4 aliphatic rings. The first-order valence-electron chi connectivity index (χ1n) is 10.8. The number of carbonyl (C=O) groups is 1. The number of hydrogen-bond acceptors (Lipinski definition) is 5. The zero-order valence-electron chi connectivity index (χ0n) is 17.7. The number of rotatable bonds is 5. The van der Waals surface area contributed by atoms with Crippen molar-refractivity contribution in [2.45, 2.75) is 62.7 Å². The van der Waals surface area contributed by atoms with E-state index in [1.54, 1.807) is 0 Å². The summed E-state index contributed by atoms with van der Waals surface area (Å²) in [6.45, 7) is 2.49. The number of amides is 2. The van der Waals surface area contributed by atoms with Crippen molar-refractivity contribution in [1.29, 1.82) is 0 Å². The van der Waals surface area contributed by atoms with E-state index in [0.29, 0.717) is 13.1 Å². The Hall–Kier alpha value is -0.00364. The molecule has 159 valence electrons. The third kappa shape index (κ3) is 4.68. The molecule has 30 heavy (non-hydrogen) atoms. The third-order valence-electron chi connectivity index (χ3n) is 6.79. The van der Waals surface area contributed by atoms with Crippen LogP contribution in [0.1, 0.15) is 47.9 Å². The van der Waals surface area contributed by atoms with Crippen LogP contribution in [0.3, 0.4) is 0 Å². The Morgan fingerprint density at radius 1 is 1.07 bits per heavy atom. The Labute approximate surface area is 221 Å². The molecule has 5 rings (SSSR count). The van der Waals surface area contributed by atoms with Crippen LogP contribution in [0.4, 0.5) is 10.5 Å². The monoisotopic (exact) mass is 458 g/mol. The maximum Gasteiger partial charge on any atom is 0.332 e. The van der Waals surface area contributed by atoms with Crippen LogP contribution in [0.25, 0.3) is 0 Å². The van der Waals surface area contributed by atoms with Gasteiger partial charge >= 0.3 is 6.03 Å². The quantitative estimate of drug-likeness (QED) is 0.655. The maximum atomic E-state index is 12.6. The van der Waals surface area contributed by atoms with Gasteiger partial charge in [-0.05, 0) is 73.6 Å². The minimum Gasteiger partial charge on any atom is -0.377 e. The first-order valence-corrected chi connectivity index (χ1v) is 12.4. The predicted octanol–water partition coefficient (Wildman–Crippen LogP) is 1.60. The summed E-state index contributed by atoms with van der Waals surface area (Å²) < 4.78 is 33.1. The molecule has 1 aromatic rings. The van der Waals surface area contributed by atoms with Gasteiger partial charge in [0.25, 0.3) is 0 Å². The van der Waals surface area contributed by atoms with Crippen LogP contribution in [0.5, 0.6) is 0 Å². The molecule has 2 N–H and O–H groups in total. The van der Waals surface area contributed by atoms with E-state index in [0.717, 1.165) is 70.2 Å². The Morgan fingerprint density at radius 3 is 2.33 bits per heavy atom. The van der Waals surface area contributed by atoms with Gasteiger partial charge in [0.1, 0.15) is 5.25 Å². The van der Waals surface area contributed by atoms with E-state index in [2.05, 4.69) is 21.0 Å². The molecular weight excluding hydrogens is 429 g/mol. The van der Waals surface area contributed by atoms with E-state index >= 15 is 0 Å². The molecule has 7 nitrogen and oxygen atoms in total. The molecule has 1 radical (unpaired) electrons. The van der Waals surface area contributed by atoms with E-state index in [1.165, 1.54) is 22.3 Å². The molecule has 0 saturated carbocycles. The van der Waals surface area contributed by atoms with Crippen molar-refractivity contribution < 1.29 is 17.9 Å². The molecule has 9 heteroatoms. The molecular formula is C21H29KN3O4S. The van der Waals surface area contributed by atoms with Crippen molar-refractivity contribution in [3.05, 3.63) is 28.3 Å². The van der Waals surface area contributed by atoms with E-state index in [9.17, 15) is 13.2 Å². The minimum atomic E-state index is -3.68. The number of likely N-dealkylation sites (tertiary alicyclic amines) is 1. The van der Waals surface area contributed by atoms with Gasteiger partial charge in [0.2, 0.25) is 10.0 Å². The zero-order chi connectivity index (χ0) is 20.0. The zero-order valence-corrected chi connectivity index (χ0v) is 21.6. The van der Waals surface area contributed by atoms with Crippen molar-refractivity contribution in [2.75, 3.05) is 31.6 Å². The Morgan fingerprint density at radius 2 is 1.73 bits per heavy atom. The smallest absolute Gasteiger partial charge is 0.332 e. The van der Waals surface area contributed by atoms with Gasteiger partial charge in [-0.3, -0.25) is 4.90 Å². The number of nitrogens with zero attached hydrogens (tertiary/aromatic N) is 1. The number of nitrogens with one attached hydrogen (secondary N) is 2. The molecule has 2 saturated heterocycles. The summed E-state index contributed by atoms with van der Waals surface area (Å²) >= 11 is 0. The van der Waals surface area contributed by atoms with E-state index in [-0.39, 0.29) is 57.5 Å². The number of fused-ring (bicyclic) bond motifs is 2. The van der Waals surface area contributed by atoms with Crippen LogP contribution in [0, 0.1) is 0 Å². The summed E-state index contributed by atoms with van der Waals surface area (Å²) in [5.74, 6) is 0. The van der Waals surface area contributed by atoms with Crippen molar-refractivity contribution in [1.82, 2.24) is 9.62 Å². The van der Waals surface area contributed by atoms with Crippen LogP contribution in [0.2, 0.25) is 0 Å². The number of hydrogen-bond donors (Lipinski definition) is 2. The summed E-state index contributed by atoms with van der Waals surface area (Å²) in [4.78, 5) is 14.7. The topological polar surface area (TPSA) is 87.7 Å². The fourth-order valence-corrected chi connectivity index (χ4v) is 6.55. The van der Waals surface area contributed by atoms with Gasteiger partial charge in [-0.25, -0.2) is 17.9 Å². The summed E-state index contributed by atoms with van der Waals surface area (Å²) in [6.07, 6.45) is 8.51. The largest absolute Gasteiger partial charge is 0.377 e. The molecule has 0 spiro atoms. The molecule has 0 aromatic heterocycles. The normalized spacial score (nSPS) is 23.4. The number of sulfonamides is 1. The second kappa shape index (κ2) is 9.47. The van der Waals surface area contributed by atoms with Gasteiger partial charge in [0.15, 0.2) is 0 Å². The summed E-state index contributed by atoms with van der Waals surface area (Å²) in [7, 11) is -3.68. The van der Waals surface area contributed by atoms with Crippen LogP contribution < -0.4 is 10.0 Å².